The lowest BCUT2D eigenvalue weighted by molar-refractivity contribution is -0.142. The van der Waals surface area contributed by atoms with Crippen molar-refractivity contribution in [1.82, 2.24) is 15.6 Å². The standard InChI is InChI=1S/C17H26N4O4S/c1-2-25-15(23)10-13-11-26-17(20-13)21-14(22)8-9-18-16(24)19-12-6-4-3-5-7-12/h11-12H,2-10H2,1H3,(H2,18,19,24)(H,20,21,22). The van der Waals surface area contributed by atoms with Crippen LogP contribution in [0.3, 0.4) is 0 Å². The fraction of sp³-hybridized carbons (Fsp3) is 0.647. The zero-order valence-electron chi connectivity index (χ0n) is 15.0. The first-order valence-corrected chi connectivity index (χ1v) is 9.89. The molecule has 1 aromatic rings. The molecule has 0 unspecified atom stereocenters. The summed E-state index contributed by atoms with van der Waals surface area (Å²) in [7, 11) is 0. The van der Waals surface area contributed by atoms with Crippen molar-refractivity contribution in [3.05, 3.63) is 11.1 Å². The van der Waals surface area contributed by atoms with Crippen molar-refractivity contribution in [1.29, 1.82) is 0 Å². The predicted octanol–water partition coefficient (Wildman–Crippen LogP) is 2.21. The highest BCUT2D eigenvalue weighted by Crippen LogP contribution is 2.17. The van der Waals surface area contributed by atoms with Gasteiger partial charge in [-0.05, 0) is 19.8 Å². The van der Waals surface area contributed by atoms with Gasteiger partial charge in [0.05, 0.1) is 18.7 Å². The van der Waals surface area contributed by atoms with E-state index in [1.54, 1.807) is 12.3 Å². The molecule has 144 valence electrons. The largest absolute Gasteiger partial charge is 0.466 e. The van der Waals surface area contributed by atoms with Crippen LogP contribution in [0.15, 0.2) is 5.38 Å². The Labute approximate surface area is 157 Å². The van der Waals surface area contributed by atoms with E-state index < -0.39 is 0 Å². The van der Waals surface area contributed by atoms with Crippen molar-refractivity contribution in [2.45, 2.75) is 57.9 Å². The molecule has 0 saturated heterocycles. The zero-order chi connectivity index (χ0) is 18.8. The van der Waals surface area contributed by atoms with Crippen LogP contribution < -0.4 is 16.0 Å². The predicted molar refractivity (Wildman–Crippen MR) is 99.1 cm³/mol. The number of aromatic nitrogens is 1. The Morgan fingerprint density at radius 2 is 2.04 bits per heavy atom. The maximum absolute atomic E-state index is 11.9. The van der Waals surface area contributed by atoms with E-state index >= 15 is 0 Å². The van der Waals surface area contributed by atoms with Gasteiger partial charge >= 0.3 is 12.0 Å². The van der Waals surface area contributed by atoms with Crippen molar-refractivity contribution >= 4 is 34.4 Å². The minimum Gasteiger partial charge on any atom is -0.466 e. The third-order valence-electron chi connectivity index (χ3n) is 4.01. The lowest BCUT2D eigenvalue weighted by atomic mass is 9.96. The van der Waals surface area contributed by atoms with Crippen LogP contribution in [-0.4, -0.2) is 42.1 Å². The number of hydrogen-bond acceptors (Lipinski definition) is 6. The Balaban J connectivity index is 1.63. The number of hydrogen-bond donors (Lipinski definition) is 3. The summed E-state index contributed by atoms with van der Waals surface area (Å²) in [4.78, 5) is 39.3. The number of anilines is 1. The van der Waals surface area contributed by atoms with Gasteiger partial charge in [0.1, 0.15) is 0 Å². The van der Waals surface area contributed by atoms with E-state index in [1.807, 2.05) is 0 Å². The number of urea groups is 1. The lowest BCUT2D eigenvalue weighted by Crippen LogP contribution is -2.43. The second kappa shape index (κ2) is 10.7. The normalized spacial score (nSPS) is 14.5. The molecule has 3 amide bonds. The fourth-order valence-electron chi connectivity index (χ4n) is 2.76. The number of esters is 1. The number of carbonyl (C=O) groups excluding carboxylic acids is 3. The molecule has 0 aliphatic heterocycles. The van der Waals surface area contributed by atoms with Crippen LogP contribution >= 0.6 is 11.3 Å². The highest BCUT2D eigenvalue weighted by molar-refractivity contribution is 7.13. The molecule has 9 heteroatoms. The number of carbonyl (C=O) groups is 3. The van der Waals surface area contributed by atoms with Crippen LogP contribution in [0.4, 0.5) is 9.93 Å². The molecule has 0 aromatic carbocycles. The Kier molecular flexibility index (Phi) is 8.33. The molecule has 1 aliphatic carbocycles. The molecule has 1 heterocycles. The van der Waals surface area contributed by atoms with Crippen molar-refractivity contribution in [3.63, 3.8) is 0 Å². The van der Waals surface area contributed by atoms with Crippen molar-refractivity contribution in [2.24, 2.45) is 0 Å². The molecule has 2 rings (SSSR count). The van der Waals surface area contributed by atoms with Gasteiger partial charge in [-0.15, -0.1) is 11.3 Å². The minimum absolute atomic E-state index is 0.0864. The van der Waals surface area contributed by atoms with E-state index in [0.717, 1.165) is 25.7 Å². The van der Waals surface area contributed by atoms with Crippen LogP contribution in [-0.2, 0) is 20.7 Å². The summed E-state index contributed by atoms with van der Waals surface area (Å²) in [5.74, 6) is -0.580. The molecule has 0 spiro atoms. The van der Waals surface area contributed by atoms with Gasteiger partial charge in [-0.25, -0.2) is 9.78 Å². The minimum atomic E-state index is -0.344. The van der Waals surface area contributed by atoms with Crippen LogP contribution in [0, 0.1) is 0 Å². The number of thiazole rings is 1. The highest BCUT2D eigenvalue weighted by Gasteiger charge is 2.15. The van der Waals surface area contributed by atoms with Gasteiger partial charge in [0, 0.05) is 24.4 Å². The zero-order valence-corrected chi connectivity index (χ0v) is 15.8. The molecule has 0 radical (unpaired) electrons. The van der Waals surface area contributed by atoms with Gasteiger partial charge < -0.3 is 20.7 Å². The number of nitrogens with one attached hydrogen (secondary N) is 3. The summed E-state index contributed by atoms with van der Waals surface area (Å²) in [6.45, 7) is 2.33. The Morgan fingerprint density at radius 1 is 1.27 bits per heavy atom. The maximum atomic E-state index is 11.9. The molecule has 1 saturated carbocycles. The smallest absolute Gasteiger partial charge is 0.315 e. The van der Waals surface area contributed by atoms with Crippen LogP contribution in [0.5, 0.6) is 0 Å². The second-order valence-electron chi connectivity index (χ2n) is 6.16. The van der Waals surface area contributed by atoms with Gasteiger partial charge in [-0.1, -0.05) is 19.3 Å². The molecule has 0 bridgehead atoms. The van der Waals surface area contributed by atoms with E-state index in [0.29, 0.717) is 17.4 Å². The Hall–Kier alpha value is -2.16. The molecule has 3 N–H and O–H groups in total. The lowest BCUT2D eigenvalue weighted by Gasteiger charge is -2.22. The van der Waals surface area contributed by atoms with Gasteiger partial charge in [0.15, 0.2) is 5.13 Å². The molecular formula is C17H26N4O4S. The van der Waals surface area contributed by atoms with Crippen molar-refractivity contribution in [3.8, 4) is 0 Å². The maximum Gasteiger partial charge on any atom is 0.315 e. The number of ether oxygens (including phenoxy) is 1. The molecule has 0 atom stereocenters. The van der Waals surface area contributed by atoms with E-state index in [9.17, 15) is 14.4 Å². The monoisotopic (exact) mass is 382 g/mol. The summed E-state index contributed by atoms with van der Waals surface area (Å²) in [5, 5.41) is 10.5. The summed E-state index contributed by atoms with van der Waals surface area (Å²) in [6, 6.07) is 0.0152. The number of amides is 3. The summed E-state index contributed by atoms with van der Waals surface area (Å²) < 4.78 is 4.86. The Morgan fingerprint density at radius 3 is 2.77 bits per heavy atom. The average molecular weight is 382 g/mol. The van der Waals surface area contributed by atoms with Gasteiger partial charge in [-0.2, -0.15) is 0 Å². The van der Waals surface area contributed by atoms with Crippen molar-refractivity contribution in [2.75, 3.05) is 18.5 Å². The Bertz CT molecular complexity index is 614. The molecule has 26 heavy (non-hydrogen) atoms. The van der Waals surface area contributed by atoms with Crippen LogP contribution in [0.25, 0.3) is 0 Å². The SMILES string of the molecule is CCOC(=O)Cc1csc(NC(=O)CCNC(=O)NC2CCCCC2)n1. The third-order valence-corrected chi connectivity index (χ3v) is 4.81. The van der Waals surface area contributed by atoms with E-state index in [2.05, 4.69) is 20.9 Å². The highest BCUT2D eigenvalue weighted by atomic mass is 32.1. The van der Waals surface area contributed by atoms with Crippen LogP contribution in [0.1, 0.15) is 51.1 Å². The van der Waals surface area contributed by atoms with E-state index in [4.69, 9.17) is 4.74 Å². The molecule has 8 nitrogen and oxygen atoms in total. The first-order valence-electron chi connectivity index (χ1n) is 9.01. The van der Waals surface area contributed by atoms with Crippen molar-refractivity contribution < 1.29 is 19.1 Å². The summed E-state index contributed by atoms with van der Waals surface area (Å²) in [5.41, 5.74) is 0.564. The number of nitrogens with zero attached hydrogens (tertiary/aromatic N) is 1. The van der Waals surface area contributed by atoms with Gasteiger partial charge in [0.25, 0.3) is 0 Å². The summed E-state index contributed by atoms with van der Waals surface area (Å²) >= 11 is 1.25. The summed E-state index contributed by atoms with van der Waals surface area (Å²) in [6.07, 6.45) is 5.82. The van der Waals surface area contributed by atoms with Crippen LogP contribution in [0.2, 0.25) is 0 Å². The quantitative estimate of drug-likeness (QED) is 0.597. The first-order chi connectivity index (χ1) is 12.6. The number of rotatable bonds is 8. The topological polar surface area (TPSA) is 109 Å². The molecule has 1 aromatic heterocycles. The van der Waals surface area contributed by atoms with E-state index in [1.165, 1.54) is 17.8 Å². The first kappa shape index (κ1) is 20.2. The average Bonchev–Trinajstić information content (AvgIpc) is 3.02. The van der Waals surface area contributed by atoms with E-state index in [-0.39, 0.29) is 43.3 Å². The second-order valence-corrected chi connectivity index (χ2v) is 7.02. The van der Waals surface area contributed by atoms with Gasteiger partial charge in [0.2, 0.25) is 5.91 Å². The third kappa shape index (κ3) is 7.38. The molecule has 1 fully saturated rings. The molecular weight excluding hydrogens is 356 g/mol. The van der Waals surface area contributed by atoms with Gasteiger partial charge in [-0.3, -0.25) is 9.59 Å². The molecule has 1 aliphatic rings. The fourth-order valence-corrected chi connectivity index (χ4v) is 3.49.